The summed E-state index contributed by atoms with van der Waals surface area (Å²) >= 11 is 0. The van der Waals surface area contributed by atoms with Crippen LogP contribution in [-0.4, -0.2) is 0 Å². The van der Waals surface area contributed by atoms with Crippen molar-refractivity contribution in [3.05, 3.63) is 158 Å². The van der Waals surface area contributed by atoms with E-state index < -0.39 is 7.26 Å². The first kappa shape index (κ1) is 22.1. The standard InChI is InChI=1S/C33H29P/c1-2-12-27-19-21-28(22-20-27)29-23-25-33(26-24-29)34(30-13-6-3-7-14-30,31-15-8-4-9-16-31)32-17-10-5-11-18-32/h2-11,13-26,34H,1,12H2. The second kappa shape index (κ2) is 10.0. The molecule has 5 aromatic carbocycles. The topological polar surface area (TPSA) is 0 Å². The Labute approximate surface area is 203 Å². The fraction of sp³-hybridized carbons (Fsp3) is 0.0303. The van der Waals surface area contributed by atoms with Crippen molar-refractivity contribution in [2.45, 2.75) is 6.42 Å². The number of allylic oxidation sites excluding steroid dienone is 1. The molecular weight excluding hydrogens is 427 g/mol. The molecule has 0 aliphatic heterocycles. The molecule has 0 bridgehead atoms. The molecular formula is C33H29P. The van der Waals surface area contributed by atoms with E-state index in [0.717, 1.165) is 6.42 Å². The van der Waals surface area contributed by atoms with Crippen molar-refractivity contribution in [1.29, 1.82) is 0 Å². The van der Waals surface area contributed by atoms with Crippen LogP contribution in [0, 0.1) is 0 Å². The molecule has 0 spiro atoms. The zero-order valence-electron chi connectivity index (χ0n) is 19.3. The summed E-state index contributed by atoms with van der Waals surface area (Å²) in [4.78, 5) is 0. The Morgan fingerprint density at radius 2 is 0.794 bits per heavy atom. The summed E-state index contributed by atoms with van der Waals surface area (Å²) in [7, 11) is -2.45. The SMILES string of the molecule is C=CCc1ccc(-c2ccc([PH](c3ccccc3)(c3ccccc3)c3ccccc3)cc2)cc1. The van der Waals surface area contributed by atoms with Gasteiger partial charge in [-0.1, -0.05) is 0 Å². The number of rotatable bonds is 7. The van der Waals surface area contributed by atoms with E-state index in [0.29, 0.717) is 0 Å². The second-order valence-electron chi connectivity index (χ2n) is 8.62. The van der Waals surface area contributed by atoms with Gasteiger partial charge in [-0.3, -0.25) is 0 Å². The van der Waals surface area contributed by atoms with E-state index in [-0.39, 0.29) is 0 Å². The average molecular weight is 457 g/mol. The Morgan fingerprint density at radius 1 is 0.441 bits per heavy atom. The zero-order chi connectivity index (χ0) is 23.2. The molecule has 0 aliphatic rings. The summed E-state index contributed by atoms with van der Waals surface area (Å²) in [6.07, 6.45) is 2.85. The molecule has 0 aromatic heterocycles. The first-order chi connectivity index (χ1) is 16.8. The van der Waals surface area contributed by atoms with Crippen molar-refractivity contribution in [1.82, 2.24) is 0 Å². The van der Waals surface area contributed by atoms with Crippen LogP contribution in [0.15, 0.2) is 152 Å². The van der Waals surface area contributed by atoms with Crippen LogP contribution in [0.2, 0.25) is 0 Å². The van der Waals surface area contributed by atoms with Crippen LogP contribution in [0.3, 0.4) is 0 Å². The maximum absolute atomic E-state index is 3.85. The van der Waals surface area contributed by atoms with E-state index in [1.807, 2.05) is 6.08 Å². The predicted octanol–water partition coefficient (Wildman–Crippen LogP) is 6.43. The second-order valence-corrected chi connectivity index (χ2v) is 12.4. The molecule has 1 heteroatoms. The van der Waals surface area contributed by atoms with Gasteiger partial charge in [0, 0.05) is 0 Å². The third kappa shape index (κ3) is 4.14. The first-order valence-electron chi connectivity index (χ1n) is 11.8. The molecule has 0 aliphatic carbocycles. The summed E-state index contributed by atoms with van der Waals surface area (Å²) in [6, 6.07) is 51.3. The summed E-state index contributed by atoms with van der Waals surface area (Å²) in [6.45, 7) is 3.85. The first-order valence-corrected chi connectivity index (χ1v) is 13.8. The van der Waals surface area contributed by atoms with Crippen molar-refractivity contribution in [2.75, 3.05) is 0 Å². The molecule has 5 rings (SSSR count). The quantitative estimate of drug-likeness (QED) is 0.195. The normalized spacial score (nSPS) is 11.6. The Hall–Kier alpha value is -3.73. The molecule has 0 amide bonds. The maximum atomic E-state index is 3.85. The molecule has 0 N–H and O–H groups in total. The fourth-order valence-electron chi connectivity index (χ4n) is 4.98. The summed E-state index contributed by atoms with van der Waals surface area (Å²) < 4.78 is 0. The van der Waals surface area contributed by atoms with E-state index in [1.54, 1.807) is 0 Å². The third-order valence-corrected chi connectivity index (χ3v) is 11.4. The third-order valence-electron chi connectivity index (χ3n) is 6.61. The fourth-order valence-corrected chi connectivity index (χ4v) is 9.72. The van der Waals surface area contributed by atoms with Gasteiger partial charge in [-0.25, -0.2) is 0 Å². The van der Waals surface area contributed by atoms with Crippen LogP contribution in [0.5, 0.6) is 0 Å². The molecule has 0 heterocycles. The van der Waals surface area contributed by atoms with Crippen molar-refractivity contribution in [3.8, 4) is 11.1 Å². The van der Waals surface area contributed by atoms with Crippen LogP contribution in [0.25, 0.3) is 11.1 Å². The van der Waals surface area contributed by atoms with Crippen LogP contribution in [-0.2, 0) is 6.42 Å². The molecule has 0 saturated carbocycles. The summed E-state index contributed by atoms with van der Waals surface area (Å²) in [5.74, 6) is 0. The van der Waals surface area contributed by atoms with E-state index in [2.05, 4.69) is 146 Å². The molecule has 0 atom stereocenters. The molecule has 0 unspecified atom stereocenters. The Morgan fingerprint density at radius 3 is 1.18 bits per heavy atom. The zero-order valence-corrected chi connectivity index (χ0v) is 20.3. The van der Waals surface area contributed by atoms with Crippen LogP contribution < -0.4 is 21.2 Å². The Kier molecular flexibility index (Phi) is 6.52. The van der Waals surface area contributed by atoms with Crippen molar-refractivity contribution in [3.63, 3.8) is 0 Å². The van der Waals surface area contributed by atoms with Crippen LogP contribution in [0.4, 0.5) is 0 Å². The molecule has 0 radical (unpaired) electrons. The van der Waals surface area contributed by atoms with Gasteiger partial charge in [0.15, 0.2) is 0 Å². The molecule has 0 nitrogen and oxygen atoms in total. The van der Waals surface area contributed by atoms with Crippen molar-refractivity contribution >= 4 is 28.5 Å². The number of hydrogen-bond donors (Lipinski definition) is 0. The van der Waals surface area contributed by atoms with E-state index in [9.17, 15) is 0 Å². The van der Waals surface area contributed by atoms with Crippen molar-refractivity contribution in [2.24, 2.45) is 0 Å². The van der Waals surface area contributed by atoms with Gasteiger partial charge in [-0.15, -0.1) is 0 Å². The van der Waals surface area contributed by atoms with Gasteiger partial charge in [0.2, 0.25) is 0 Å². The Balaban J connectivity index is 1.69. The van der Waals surface area contributed by atoms with Gasteiger partial charge < -0.3 is 0 Å². The predicted molar refractivity (Wildman–Crippen MR) is 152 cm³/mol. The van der Waals surface area contributed by atoms with Gasteiger partial charge in [-0.2, -0.15) is 0 Å². The van der Waals surface area contributed by atoms with Gasteiger partial charge in [0.05, 0.1) is 0 Å². The summed E-state index contributed by atoms with van der Waals surface area (Å²) in [5, 5.41) is 5.58. The molecule has 5 aromatic rings. The summed E-state index contributed by atoms with van der Waals surface area (Å²) in [5.41, 5.74) is 3.77. The van der Waals surface area contributed by atoms with Crippen molar-refractivity contribution < 1.29 is 0 Å². The van der Waals surface area contributed by atoms with Gasteiger partial charge >= 0.3 is 204 Å². The van der Waals surface area contributed by atoms with E-state index in [1.165, 1.54) is 37.9 Å². The minimum atomic E-state index is -2.45. The average Bonchev–Trinajstić information content (AvgIpc) is 2.92. The number of benzene rings is 5. The minimum absolute atomic E-state index is 0.901. The Bertz CT molecular complexity index is 1240. The molecule has 166 valence electrons. The van der Waals surface area contributed by atoms with Crippen LogP contribution in [0.1, 0.15) is 5.56 Å². The molecule has 0 fully saturated rings. The van der Waals surface area contributed by atoms with Gasteiger partial charge in [-0.05, 0) is 0 Å². The van der Waals surface area contributed by atoms with E-state index in [4.69, 9.17) is 0 Å². The monoisotopic (exact) mass is 456 g/mol. The van der Waals surface area contributed by atoms with Gasteiger partial charge in [0.1, 0.15) is 0 Å². The number of hydrogen-bond acceptors (Lipinski definition) is 0. The molecule has 0 saturated heterocycles. The molecule has 34 heavy (non-hydrogen) atoms. The van der Waals surface area contributed by atoms with E-state index >= 15 is 0 Å². The van der Waals surface area contributed by atoms with Crippen LogP contribution >= 0.6 is 7.26 Å². The van der Waals surface area contributed by atoms with Gasteiger partial charge in [0.25, 0.3) is 0 Å².